The van der Waals surface area contributed by atoms with Gasteiger partial charge in [-0.05, 0) is 25.7 Å². The standard InChI is InChI=1S/C12H20F2N2O2/c13-12(14)5-7-16(8-6-12)10-3-1-9(2-4-10)15-11(17)18/h9-10,15H,1-8H2,(H,17,18). The molecule has 2 fully saturated rings. The van der Waals surface area contributed by atoms with Gasteiger partial charge in [0.25, 0.3) is 5.92 Å². The molecule has 4 nitrogen and oxygen atoms in total. The summed E-state index contributed by atoms with van der Waals surface area (Å²) in [5, 5.41) is 11.1. The summed E-state index contributed by atoms with van der Waals surface area (Å²) in [6.45, 7) is 0.934. The van der Waals surface area contributed by atoms with Gasteiger partial charge < -0.3 is 10.4 Å². The van der Waals surface area contributed by atoms with Crippen molar-refractivity contribution in [2.45, 2.75) is 56.5 Å². The Hall–Kier alpha value is -0.910. The first-order valence-electron chi connectivity index (χ1n) is 6.58. The lowest BCUT2D eigenvalue weighted by atomic mass is 9.89. The summed E-state index contributed by atoms with van der Waals surface area (Å²) in [4.78, 5) is 12.7. The molecule has 0 bridgehead atoms. The average Bonchev–Trinajstić information content (AvgIpc) is 2.30. The summed E-state index contributed by atoms with van der Waals surface area (Å²) < 4.78 is 26.1. The fraction of sp³-hybridized carbons (Fsp3) is 0.917. The number of nitrogens with zero attached hydrogens (tertiary/aromatic N) is 1. The van der Waals surface area contributed by atoms with E-state index in [9.17, 15) is 13.6 Å². The van der Waals surface area contributed by atoms with Crippen LogP contribution in [0.5, 0.6) is 0 Å². The van der Waals surface area contributed by atoms with Gasteiger partial charge in [-0.1, -0.05) is 0 Å². The van der Waals surface area contributed by atoms with E-state index < -0.39 is 12.0 Å². The normalized spacial score (nSPS) is 33.0. The number of piperidine rings is 1. The van der Waals surface area contributed by atoms with Gasteiger partial charge in [0.2, 0.25) is 0 Å². The second kappa shape index (κ2) is 5.38. The van der Waals surface area contributed by atoms with Gasteiger partial charge in [-0.2, -0.15) is 0 Å². The minimum atomic E-state index is -2.49. The molecule has 104 valence electrons. The van der Waals surface area contributed by atoms with Crippen molar-refractivity contribution in [3.05, 3.63) is 0 Å². The Morgan fingerprint density at radius 3 is 2.22 bits per heavy atom. The molecule has 1 amide bonds. The summed E-state index contributed by atoms with van der Waals surface area (Å²) in [7, 11) is 0. The highest BCUT2D eigenvalue weighted by molar-refractivity contribution is 5.64. The van der Waals surface area contributed by atoms with E-state index in [2.05, 4.69) is 10.2 Å². The molecule has 0 spiro atoms. The van der Waals surface area contributed by atoms with E-state index in [0.29, 0.717) is 19.1 Å². The van der Waals surface area contributed by atoms with E-state index in [0.717, 1.165) is 25.7 Å². The van der Waals surface area contributed by atoms with Crippen LogP contribution in [0.15, 0.2) is 0 Å². The van der Waals surface area contributed by atoms with Crippen LogP contribution in [0.1, 0.15) is 38.5 Å². The van der Waals surface area contributed by atoms with Crippen molar-refractivity contribution in [3.8, 4) is 0 Å². The number of amides is 1. The molecule has 0 aromatic carbocycles. The van der Waals surface area contributed by atoms with Gasteiger partial charge in [0.15, 0.2) is 0 Å². The lowest BCUT2D eigenvalue weighted by Crippen LogP contribution is -2.48. The Labute approximate surface area is 105 Å². The zero-order valence-corrected chi connectivity index (χ0v) is 10.4. The SMILES string of the molecule is O=C(O)NC1CCC(N2CCC(F)(F)CC2)CC1. The Balaban J connectivity index is 1.75. The van der Waals surface area contributed by atoms with Gasteiger partial charge in [-0.25, -0.2) is 13.6 Å². The largest absolute Gasteiger partial charge is 0.465 e. The number of halogens is 2. The Bertz CT molecular complexity index is 294. The molecule has 6 heteroatoms. The maximum absolute atomic E-state index is 13.0. The Morgan fingerprint density at radius 2 is 1.72 bits per heavy atom. The van der Waals surface area contributed by atoms with Crippen LogP contribution in [0, 0.1) is 0 Å². The second-order valence-corrected chi connectivity index (χ2v) is 5.35. The number of rotatable bonds is 2. The Kier molecular flexibility index (Phi) is 4.04. The molecule has 1 saturated heterocycles. The minimum Gasteiger partial charge on any atom is -0.465 e. The van der Waals surface area contributed by atoms with Gasteiger partial charge >= 0.3 is 6.09 Å². The maximum atomic E-state index is 13.0. The van der Waals surface area contributed by atoms with Crippen LogP contribution in [-0.4, -0.2) is 47.2 Å². The van der Waals surface area contributed by atoms with Crippen LogP contribution < -0.4 is 5.32 Å². The van der Waals surface area contributed by atoms with E-state index in [-0.39, 0.29) is 18.9 Å². The highest BCUT2D eigenvalue weighted by atomic mass is 19.3. The third kappa shape index (κ3) is 3.54. The summed E-state index contributed by atoms with van der Waals surface area (Å²) in [6, 6.07) is 0.387. The van der Waals surface area contributed by atoms with Gasteiger partial charge in [0.1, 0.15) is 0 Å². The summed E-state index contributed by atoms with van der Waals surface area (Å²) in [6.07, 6.45) is 2.36. The molecule has 2 rings (SSSR count). The smallest absolute Gasteiger partial charge is 0.404 e. The topological polar surface area (TPSA) is 52.6 Å². The molecule has 0 aromatic rings. The van der Waals surface area contributed by atoms with Gasteiger partial charge in [-0.15, -0.1) is 0 Å². The summed E-state index contributed by atoms with van der Waals surface area (Å²) >= 11 is 0. The molecule has 2 aliphatic rings. The van der Waals surface area contributed by atoms with Crippen LogP contribution in [0.4, 0.5) is 13.6 Å². The van der Waals surface area contributed by atoms with Gasteiger partial charge in [0.05, 0.1) is 0 Å². The molecule has 2 N–H and O–H groups in total. The molecular formula is C12H20F2N2O2. The van der Waals surface area contributed by atoms with E-state index in [1.807, 2.05) is 0 Å². The van der Waals surface area contributed by atoms with Crippen LogP contribution in [0.2, 0.25) is 0 Å². The van der Waals surface area contributed by atoms with E-state index >= 15 is 0 Å². The third-order valence-corrected chi connectivity index (χ3v) is 4.07. The van der Waals surface area contributed by atoms with Crippen molar-refractivity contribution >= 4 is 6.09 Å². The quantitative estimate of drug-likeness (QED) is 0.803. The first-order valence-corrected chi connectivity index (χ1v) is 6.58. The number of alkyl halides is 2. The average molecular weight is 262 g/mol. The number of carboxylic acid groups (broad SMARTS) is 1. The lowest BCUT2D eigenvalue weighted by Gasteiger charge is -2.40. The number of nitrogens with one attached hydrogen (secondary N) is 1. The number of likely N-dealkylation sites (tertiary alicyclic amines) is 1. The van der Waals surface area contributed by atoms with Crippen molar-refractivity contribution in [1.29, 1.82) is 0 Å². The summed E-state index contributed by atoms with van der Waals surface area (Å²) in [5.74, 6) is -2.49. The zero-order valence-electron chi connectivity index (χ0n) is 10.4. The van der Waals surface area contributed by atoms with Crippen molar-refractivity contribution < 1.29 is 18.7 Å². The Morgan fingerprint density at radius 1 is 1.17 bits per heavy atom. The predicted octanol–water partition coefficient (Wildman–Crippen LogP) is 2.30. The van der Waals surface area contributed by atoms with Crippen molar-refractivity contribution in [2.75, 3.05) is 13.1 Å². The second-order valence-electron chi connectivity index (χ2n) is 5.35. The molecule has 0 radical (unpaired) electrons. The van der Waals surface area contributed by atoms with Crippen LogP contribution in [0.3, 0.4) is 0 Å². The van der Waals surface area contributed by atoms with Gasteiger partial charge in [0, 0.05) is 38.0 Å². The van der Waals surface area contributed by atoms with Crippen molar-refractivity contribution in [2.24, 2.45) is 0 Å². The number of carbonyl (C=O) groups is 1. The highest BCUT2D eigenvalue weighted by Gasteiger charge is 2.37. The van der Waals surface area contributed by atoms with Crippen LogP contribution >= 0.6 is 0 Å². The molecule has 1 aliphatic carbocycles. The molecule has 1 heterocycles. The first kappa shape index (κ1) is 13.5. The fourth-order valence-electron chi connectivity index (χ4n) is 2.98. The third-order valence-electron chi connectivity index (χ3n) is 4.07. The highest BCUT2D eigenvalue weighted by Crippen LogP contribution is 2.32. The lowest BCUT2D eigenvalue weighted by molar-refractivity contribution is -0.0661. The molecule has 0 unspecified atom stereocenters. The molecule has 18 heavy (non-hydrogen) atoms. The van der Waals surface area contributed by atoms with E-state index in [1.54, 1.807) is 0 Å². The predicted molar refractivity (Wildman–Crippen MR) is 63.0 cm³/mol. The zero-order chi connectivity index (χ0) is 13.2. The molecular weight excluding hydrogens is 242 g/mol. The minimum absolute atomic E-state index is 0.0324. The van der Waals surface area contributed by atoms with Crippen LogP contribution in [0.25, 0.3) is 0 Å². The molecule has 0 atom stereocenters. The van der Waals surface area contributed by atoms with Crippen molar-refractivity contribution in [3.63, 3.8) is 0 Å². The van der Waals surface area contributed by atoms with E-state index in [4.69, 9.17) is 5.11 Å². The summed E-state index contributed by atoms with van der Waals surface area (Å²) in [5.41, 5.74) is 0. The van der Waals surface area contributed by atoms with Crippen LogP contribution in [-0.2, 0) is 0 Å². The molecule has 1 aliphatic heterocycles. The monoisotopic (exact) mass is 262 g/mol. The molecule has 1 saturated carbocycles. The first-order chi connectivity index (χ1) is 8.46. The number of hydrogen-bond donors (Lipinski definition) is 2. The van der Waals surface area contributed by atoms with Crippen molar-refractivity contribution in [1.82, 2.24) is 10.2 Å². The van der Waals surface area contributed by atoms with Gasteiger partial charge in [-0.3, -0.25) is 4.90 Å². The fourth-order valence-corrected chi connectivity index (χ4v) is 2.98. The molecule has 0 aromatic heterocycles. The number of hydrogen-bond acceptors (Lipinski definition) is 2. The maximum Gasteiger partial charge on any atom is 0.404 e. The van der Waals surface area contributed by atoms with E-state index in [1.165, 1.54) is 0 Å².